The lowest BCUT2D eigenvalue weighted by atomic mass is 9.91. The highest BCUT2D eigenvalue weighted by Gasteiger charge is 2.29. The van der Waals surface area contributed by atoms with E-state index < -0.39 is 0 Å². The van der Waals surface area contributed by atoms with Gasteiger partial charge < -0.3 is 0 Å². The van der Waals surface area contributed by atoms with E-state index in [1.54, 1.807) is 0 Å². The van der Waals surface area contributed by atoms with Gasteiger partial charge in [0.1, 0.15) is 0 Å². The van der Waals surface area contributed by atoms with Crippen LogP contribution in [0, 0.1) is 12.3 Å². The highest BCUT2D eigenvalue weighted by Crippen LogP contribution is 2.32. The number of hydrogen-bond donors (Lipinski definition) is 0. The summed E-state index contributed by atoms with van der Waals surface area (Å²) in [4.78, 5) is 0. The molecule has 14 heavy (non-hydrogen) atoms. The second kappa shape index (κ2) is 4.16. The molecule has 2 rings (SSSR count). The molecule has 0 fully saturated rings. The van der Waals surface area contributed by atoms with Crippen molar-refractivity contribution in [2.75, 3.05) is 0 Å². The van der Waals surface area contributed by atoms with E-state index in [-0.39, 0.29) is 0 Å². The fraction of sp³-hybridized carbons (Fsp3) is 0.750. The van der Waals surface area contributed by atoms with Crippen LogP contribution in [0.15, 0.2) is 6.20 Å². The van der Waals surface area contributed by atoms with Gasteiger partial charge in [-0.1, -0.05) is 34.1 Å². The number of fused-ring (bicyclic) bond motifs is 1. The molecule has 0 atom stereocenters. The number of nitrogens with zero attached hydrogens (tertiary/aromatic N) is 2. The van der Waals surface area contributed by atoms with Crippen LogP contribution in [-0.2, 0) is 13.0 Å². The molecule has 1 aromatic rings. The summed E-state index contributed by atoms with van der Waals surface area (Å²) in [6.07, 6.45) is 4.39. The van der Waals surface area contributed by atoms with Crippen molar-refractivity contribution >= 4 is 0 Å². The number of rotatable bonds is 0. The smallest absolute Gasteiger partial charge is 0.0521 e. The molecule has 2 heteroatoms. The van der Waals surface area contributed by atoms with Gasteiger partial charge in [-0.05, 0) is 24.3 Å². The third kappa shape index (κ3) is 2.37. The van der Waals surface area contributed by atoms with Crippen LogP contribution < -0.4 is 0 Å². The number of aryl methyl sites for hydroxylation is 1. The molecule has 0 radical (unpaired) electrons. The summed E-state index contributed by atoms with van der Waals surface area (Å²) in [7, 11) is 0. The summed E-state index contributed by atoms with van der Waals surface area (Å²) in [6, 6.07) is 0. The standard InChI is InChI=1S/C9H14N2.C3H8/c1-7-5-10-11-6-9(2,3)4-8(7)11;1-3-2/h5H,4,6H2,1-3H3;3H2,1-2H3. The molecule has 2 nitrogen and oxygen atoms in total. The van der Waals surface area contributed by atoms with E-state index in [1.807, 2.05) is 6.20 Å². The van der Waals surface area contributed by atoms with Gasteiger partial charge in [0.2, 0.25) is 0 Å². The quantitative estimate of drug-likeness (QED) is 0.620. The molecule has 0 amide bonds. The Morgan fingerprint density at radius 2 is 2.00 bits per heavy atom. The van der Waals surface area contributed by atoms with Gasteiger partial charge >= 0.3 is 0 Å². The van der Waals surface area contributed by atoms with Crippen molar-refractivity contribution in [1.29, 1.82) is 0 Å². The van der Waals surface area contributed by atoms with Crippen molar-refractivity contribution in [2.24, 2.45) is 5.41 Å². The minimum absolute atomic E-state index is 0.425. The first-order valence-corrected chi connectivity index (χ1v) is 5.51. The normalized spacial score (nSPS) is 17.2. The second-order valence-corrected chi connectivity index (χ2v) is 4.98. The van der Waals surface area contributed by atoms with Crippen molar-refractivity contribution in [3.05, 3.63) is 17.5 Å². The van der Waals surface area contributed by atoms with Gasteiger partial charge in [0.05, 0.1) is 6.20 Å². The number of hydrogen-bond acceptors (Lipinski definition) is 1. The van der Waals surface area contributed by atoms with E-state index in [4.69, 9.17) is 0 Å². The van der Waals surface area contributed by atoms with E-state index in [0.29, 0.717) is 5.41 Å². The topological polar surface area (TPSA) is 17.8 Å². The molecule has 0 unspecified atom stereocenters. The van der Waals surface area contributed by atoms with Crippen LogP contribution in [0.4, 0.5) is 0 Å². The largest absolute Gasteiger partial charge is 0.269 e. The van der Waals surface area contributed by atoms with Gasteiger partial charge in [-0.2, -0.15) is 5.10 Å². The van der Waals surface area contributed by atoms with Gasteiger partial charge in [-0.25, -0.2) is 0 Å². The summed E-state index contributed by atoms with van der Waals surface area (Å²) in [5.41, 5.74) is 3.19. The Hall–Kier alpha value is -0.790. The fourth-order valence-electron chi connectivity index (χ4n) is 1.79. The monoisotopic (exact) mass is 194 g/mol. The lowest BCUT2D eigenvalue weighted by Crippen LogP contribution is -2.12. The van der Waals surface area contributed by atoms with Gasteiger partial charge in [-0.3, -0.25) is 4.68 Å². The summed E-state index contributed by atoms with van der Waals surface area (Å²) in [5, 5.41) is 4.31. The predicted octanol–water partition coefficient (Wildman–Crippen LogP) is 3.19. The van der Waals surface area contributed by atoms with Crippen molar-refractivity contribution < 1.29 is 0 Å². The summed E-state index contributed by atoms with van der Waals surface area (Å²) in [6.45, 7) is 12.1. The number of aromatic nitrogens is 2. The highest BCUT2D eigenvalue weighted by molar-refractivity contribution is 5.20. The maximum atomic E-state index is 4.31. The van der Waals surface area contributed by atoms with E-state index >= 15 is 0 Å². The molecular weight excluding hydrogens is 172 g/mol. The minimum Gasteiger partial charge on any atom is -0.269 e. The first-order chi connectivity index (χ1) is 6.50. The Bertz CT molecular complexity index is 297. The molecule has 1 aromatic heterocycles. The molecule has 0 spiro atoms. The molecule has 0 aromatic carbocycles. The Morgan fingerprint density at radius 1 is 1.43 bits per heavy atom. The van der Waals surface area contributed by atoms with Gasteiger partial charge in [-0.15, -0.1) is 0 Å². The van der Waals surface area contributed by atoms with Crippen molar-refractivity contribution in [2.45, 2.75) is 54.0 Å². The molecule has 0 bridgehead atoms. The molecule has 0 saturated heterocycles. The van der Waals surface area contributed by atoms with Gasteiger partial charge in [0, 0.05) is 12.2 Å². The van der Waals surface area contributed by atoms with Crippen LogP contribution >= 0.6 is 0 Å². The highest BCUT2D eigenvalue weighted by atomic mass is 15.3. The van der Waals surface area contributed by atoms with Crippen LogP contribution in [0.1, 0.15) is 45.4 Å². The van der Waals surface area contributed by atoms with Gasteiger partial charge in [0.15, 0.2) is 0 Å². The zero-order valence-corrected chi connectivity index (χ0v) is 10.1. The molecule has 0 N–H and O–H groups in total. The molecule has 1 aliphatic heterocycles. The minimum atomic E-state index is 0.425. The summed E-state index contributed by atoms with van der Waals surface area (Å²) >= 11 is 0. The maximum absolute atomic E-state index is 4.31. The van der Waals surface area contributed by atoms with Crippen LogP contribution in [0.5, 0.6) is 0 Å². The molecular formula is C12H22N2. The lowest BCUT2D eigenvalue weighted by molar-refractivity contribution is 0.346. The SMILES string of the molecule is CCC.Cc1cnn2c1CC(C)(C)C2. The average Bonchev–Trinajstić information content (AvgIpc) is 2.52. The Labute approximate surface area is 87.3 Å². The third-order valence-electron chi connectivity index (χ3n) is 2.38. The summed E-state index contributed by atoms with van der Waals surface area (Å²) < 4.78 is 2.13. The fourth-order valence-corrected chi connectivity index (χ4v) is 1.79. The molecule has 80 valence electrons. The molecule has 0 saturated carbocycles. The molecule has 1 aliphatic rings. The third-order valence-corrected chi connectivity index (χ3v) is 2.38. The average molecular weight is 194 g/mol. The zero-order chi connectivity index (χ0) is 10.8. The van der Waals surface area contributed by atoms with E-state index in [0.717, 1.165) is 6.54 Å². The van der Waals surface area contributed by atoms with Crippen molar-refractivity contribution in [1.82, 2.24) is 9.78 Å². The molecule has 0 aliphatic carbocycles. The maximum Gasteiger partial charge on any atom is 0.0521 e. The van der Waals surface area contributed by atoms with Crippen molar-refractivity contribution in [3.63, 3.8) is 0 Å². The van der Waals surface area contributed by atoms with E-state index in [1.165, 1.54) is 24.1 Å². The van der Waals surface area contributed by atoms with Crippen LogP contribution in [0.25, 0.3) is 0 Å². The summed E-state index contributed by atoms with van der Waals surface area (Å²) in [5.74, 6) is 0. The van der Waals surface area contributed by atoms with Crippen LogP contribution in [-0.4, -0.2) is 9.78 Å². The second-order valence-electron chi connectivity index (χ2n) is 4.98. The van der Waals surface area contributed by atoms with Gasteiger partial charge in [0.25, 0.3) is 0 Å². The first-order valence-electron chi connectivity index (χ1n) is 5.51. The van der Waals surface area contributed by atoms with E-state index in [2.05, 4.69) is 44.4 Å². The lowest BCUT2D eigenvalue weighted by Gasteiger charge is -2.14. The predicted molar refractivity (Wildman–Crippen MR) is 60.4 cm³/mol. The van der Waals surface area contributed by atoms with E-state index in [9.17, 15) is 0 Å². The first kappa shape index (κ1) is 11.3. The Balaban J connectivity index is 0.000000293. The Morgan fingerprint density at radius 3 is 2.50 bits per heavy atom. The Kier molecular flexibility index (Phi) is 3.35. The van der Waals surface area contributed by atoms with Crippen molar-refractivity contribution in [3.8, 4) is 0 Å². The van der Waals surface area contributed by atoms with Crippen LogP contribution in [0.3, 0.4) is 0 Å². The zero-order valence-electron chi connectivity index (χ0n) is 10.1. The molecule has 2 heterocycles. The van der Waals surface area contributed by atoms with Crippen LogP contribution in [0.2, 0.25) is 0 Å².